The molecule has 2 aromatic carbocycles. The lowest BCUT2D eigenvalue weighted by Gasteiger charge is -2.22. The molecule has 0 spiro atoms. The summed E-state index contributed by atoms with van der Waals surface area (Å²) in [5.74, 6) is 3.48. The second kappa shape index (κ2) is 4.54. The van der Waals surface area contributed by atoms with Gasteiger partial charge in [0, 0.05) is 10.8 Å². The van der Waals surface area contributed by atoms with E-state index in [2.05, 4.69) is 10.9 Å². The Morgan fingerprint density at radius 2 is 1.45 bits per heavy atom. The van der Waals surface area contributed by atoms with E-state index >= 15 is 0 Å². The zero-order valence-electron chi connectivity index (χ0n) is 11.6. The molecule has 0 amide bonds. The van der Waals surface area contributed by atoms with Crippen LogP contribution in [-0.2, 0) is 0 Å². The average Bonchev–Trinajstić information content (AvgIpc) is 2.47. The molecule has 0 saturated heterocycles. The number of hydrogen-bond acceptors (Lipinski definition) is 2. The molecule has 0 aliphatic carbocycles. The molecule has 3 rings (SSSR count). The molecule has 2 heteroatoms. The summed E-state index contributed by atoms with van der Waals surface area (Å²) in [6.07, 6.45) is 5.55. The van der Waals surface area contributed by atoms with Crippen molar-refractivity contribution in [3.05, 3.63) is 48.5 Å². The minimum atomic E-state index is -0.660. The fourth-order valence-corrected chi connectivity index (χ4v) is 2.20. The maximum absolute atomic E-state index is 6.10. The molecule has 0 bridgehead atoms. The van der Waals surface area contributed by atoms with Gasteiger partial charge in [-0.15, -0.1) is 6.42 Å². The van der Waals surface area contributed by atoms with Crippen LogP contribution in [0, 0.1) is 12.3 Å². The maximum atomic E-state index is 6.10. The van der Waals surface area contributed by atoms with Crippen LogP contribution in [0.3, 0.4) is 0 Å². The highest BCUT2D eigenvalue weighted by Gasteiger charge is 2.19. The van der Waals surface area contributed by atoms with Crippen molar-refractivity contribution in [3.63, 3.8) is 0 Å². The Balaban J connectivity index is 2.37. The third-order valence-corrected chi connectivity index (χ3v) is 3.24. The van der Waals surface area contributed by atoms with Crippen molar-refractivity contribution >= 4 is 21.8 Å². The zero-order valence-corrected chi connectivity index (χ0v) is 11.6. The molecular formula is C18H15NO. The highest BCUT2D eigenvalue weighted by atomic mass is 16.5. The van der Waals surface area contributed by atoms with Crippen LogP contribution >= 0.6 is 0 Å². The largest absolute Gasteiger partial charge is 0.474 e. The smallest absolute Gasteiger partial charge is 0.163 e. The molecule has 0 fully saturated rings. The Bertz CT molecular complexity index is 774. The normalized spacial score (nSPS) is 11.4. The number of ether oxygens (including phenoxy) is 1. The SMILES string of the molecule is C#CC(C)(C)Oc1c2ccccc2nc2ccccc12. The van der Waals surface area contributed by atoms with Crippen molar-refractivity contribution in [2.75, 3.05) is 0 Å². The first-order valence-electron chi connectivity index (χ1n) is 6.55. The van der Waals surface area contributed by atoms with Gasteiger partial charge in [0.25, 0.3) is 0 Å². The molecule has 2 nitrogen and oxygen atoms in total. The highest BCUT2D eigenvalue weighted by molar-refractivity contribution is 6.00. The molecule has 0 aliphatic heterocycles. The van der Waals surface area contributed by atoms with Crippen LogP contribution in [0.4, 0.5) is 0 Å². The van der Waals surface area contributed by atoms with Crippen LogP contribution in [0.2, 0.25) is 0 Å². The Morgan fingerprint density at radius 1 is 0.950 bits per heavy atom. The van der Waals surface area contributed by atoms with E-state index in [0.29, 0.717) is 0 Å². The van der Waals surface area contributed by atoms with Crippen LogP contribution in [0.1, 0.15) is 13.8 Å². The van der Waals surface area contributed by atoms with Gasteiger partial charge in [0.15, 0.2) is 5.60 Å². The number of hydrogen-bond donors (Lipinski definition) is 0. The van der Waals surface area contributed by atoms with Gasteiger partial charge in [-0.2, -0.15) is 0 Å². The van der Waals surface area contributed by atoms with Crippen molar-refractivity contribution in [1.82, 2.24) is 4.98 Å². The maximum Gasteiger partial charge on any atom is 0.163 e. The van der Waals surface area contributed by atoms with E-state index in [-0.39, 0.29) is 0 Å². The number of para-hydroxylation sites is 2. The topological polar surface area (TPSA) is 22.1 Å². The van der Waals surface area contributed by atoms with Gasteiger partial charge in [-0.1, -0.05) is 30.2 Å². The second-order valence-electron chi connectivity index (χ2n) is 5.23. The van der Waals surface area contributed by atoms with Crippen LogP contribution in [-0.4, -0.2) is 10.6 Å². The Labute approximate surface area is 118 Å². The Kier molecular flexibility index (Phi) is 2.84. The van der Waals surface area contributed by atoms with Gasteiger partial charge in [0.2, 0.25) is 0 Å². The van der Waals surface area contributed by atoms with Gasteiger partial charge in [-0.05, 0) is 38.1 Å². The molecule has 1 heterocycles. The number of pyridine rings is 1. The van der Waals surface area contributed by atoms with Crippen molar-refractivity contribution in [2.45, 2.75) is 19.4 Å². The van der Waals surface area contributed by atoms with Crippen molar-refractivity contribution in [1.29, 1.82) is 0 Å². The minimum absolute atomic E-state index is 0.660. The van der Waals surface area contributed by atoms with Gasteiger partial charge in [-0.3, -0.25) is 0 Å². The summed E-state index contributed by atoms with van der Waals surface area (Å²) < 4.78 is 6.10. The molecule has 0 atom stereocenters. The predicted molar refractivity (Wildman–Crippen MR) is 82.8 cm³/mol. The van der Waals surface area contributed by atoms with Gasteiger partial charge in [-0.25, -0.2) is 4.98 Å². The summed E-state index contributed by atoms with van der Waals surface area (Å²) in [4.78, 5) is 4.66. The predicted octanol–water partition coefficient (Wildman–Crippen LogP) is 4.18. The first-order chi connectivity index (χ1) is 9.61. The lowest BCUT2D eigenvalue weighted by molar-refractivity contribution is 0.177. The van der Waals surface area contributed by atoms with Crippen LogP contribution in [0.5, 0.6) is 5.75 Å². The minimum Gasteiger partial charge on any atom is -0.474 e. The molecule has 0 aliphatic rings. The number of benzene rings is 2. The molecule has 3 aromatic rings. The van der Waals surface area contributed by atoms with Gasteiger partial charge in [0.1, 0.15) is 5.75 Å². The third kappa shape index (κ3) is 2.08. The second-order valence-corrected chi connectivity index (χ2v) is 5.23. The highest BCUT2D eigenvalue weighted by Crippen LogP contribution is 2.34. The summed E-state index contributed by atoms with van der Waals surface area (Å²) in [5, 5.41) is 1.96. The van der Waals surface area contributed by atoms with E-state index in [0.717, 1.165) is 27.6 Å². The number of fused-ring (bicyclic) bond motifs is 2. The lowest BCUT2D eigenvalue weighted by Crippen LogP contribution is -2.25. The van der Waals surface area contributed by atoms with Gasteiger partial charge >= 0.3 is 0 Å². The van der Waals surface area contributed by atoms with Gasteiger partial charge in [0.05, 0.1) is 11.0 Å². The first kappa shape index (κ1) is 12.5. The summed E-state index contributed by atoms with van der Waals surface area (Å²) >= 11 is 0. The summed E-state index contributed by atoms with van der Waals surface area (Å²) in [7, 11) is 0. The monoisotopic (exact) mass is 261 g/mol. The Morgan fingerprint density at radius 3 is 1.95 bits per heavy atom. The number of terminal acetylenes is 1. The number of nitrogens with zero attached hydrogens (tertiary/aromatic N) is 1. The molecule has 1 aromatic heterocycles. The van der Waals surface area contributed by atoms with E-state index in [4.69, 9.17) is 11.2 Å². The van der Waals surface area contributed by atoms with E-state index in [9.17, 15) is 0 Å². The molecule has 98 valence electrons. The molecule has 0 saturated carbocycles. The van der Waals surface area contributed by atoms with E-state index < -0.39 is 5.60 Å². The molecule has 0 unspecified atom stereocenters. The quantitative estimate of drug-likeness (QED) is 0.510. The molecule has 0 radical (unpaired) electrons. The number of aromatic nitrogens is 1. The van der Waals surface area contributed by atoms with Crippen molar-refractivity contribution in [2.24, 2.45) is 0 Å². The fourth-order valence-electron chi connectivity index (χ4n) is 2.20. The van der Waals surface area contributed by atoms with Crippen LogP contribution in [0.15, 0.2) is 48.5 Å². The van der Waals surface area contributed by atoms with Crippen molar-refractivity contribution < 1.29 is 4.74 Å². The third-order valence-electron chi connectivity index (χ3n) is 3.24. The molecule has 20 heavy (non-hydrogen) atoms. The molecule has 0 N–H and O–H groups in total. The van der Waals surface area contributed by atoms with Crippen LogP contribution < -0.4 is 4.74 Å². The van der Waals surface area contributed by atoms with E-state index in [1.165, 1.54) is 0 Å². The summed E-state index contributed by atoms with van der Waals surface area (Å²) in [5.41, 5.74) is 1.16. The first-order valence-corrected chi connectivity index (χ1v) is 6.55. The summed E-state index contributed by atoms with van der Waals surface area (Å²) in [6.45, 7) is 3.77. The number of rotatable bonds is 2. The fraction of sp³-hybridized carbons (Fsp3) is 0.167. The van der Waals surface area contributed by atoms with Crippen molar-refractivity contribution in [3.8, 4) is 18.1 Å². The van der Waals surface area contributed by atoms with E-state index in [1.807, 2.05) is 62.4 Å². The van der Waals surface area contributed by atoms with E-state index in [1.54, 1.807) is 0 Å². The zero-order chi connectivity index (χ0) is 14.2. The van der Waals surface area contributed by atoms with Crippen LogP contribution in [0.25, 0.3) is 21.8 Å². The lowest BCUT2D eigenvalue weighted by atomic mass is 10.1. The standard InChI is InChI=1S/C18H15NO/c1-4-18(2,3)20-17-13-9-5-7-11-15(13)19-16-12-8-6-10-14(16)17/h1,5-12H,2-3H3. The average molecular weight is 261 g/mol. The van der Waals surface area contributed by atoms with Gasteiger partial charge < -0.3 is 4.74 Å². The Hall–Kier alpha value is -2.53. The molecular weight excluding hydrogens is 246 g/mol. The summed E-state index contributed by atoms with van der Waals surface area (Å²) in [6, 6.07) is 15.9.